The first-order valence-corrected chi connectivity index (χ1v) is 9.93. The first-order valence-electron chi connectivity index (χ1n) is 9.12. The van der Waals surface area contributed by atoms with E-state index >= 15 is 0 Å². The van der Waals surface area contributed by atoms with Gasteiger partial charge in [0.05, 0.1) is 10.4 Å². The Morgan fingerprint density at radius 1 is 0.731 bits per heavy atom. The van der Waals surface area contributed by atoms with Crippen LogP contribution in [0.15, 0.2) is 60.7 Å². The predicted octanol–water partition coefficient (Wildman–Crippen LogP) is 7.43. The van der Waals surface area contributed by atoms with E-state index in [-0.39, 0.29) is 5.41 Å². The summed E-state index contributed by atoms with van der Waals surface area (Å²) in [6, 6.07) is 22.0. The number of anilines is 2. The lowest BCUT2D eigenvalue weighted by Crippen LogP contribution is -2.19. The standard InChI is InChI=1S/C24H25NS/c1-16-10-8-11-17-18-12-9-15-21(23(18)26-22(16)17)25(5)20-14-7-6-13-19(20)24(2,3)4/h6-15H,1-5H3. The molecule has 0 aliphatic heterocycles. The zero-order valence-corrected chi connectivity index (χ0v) is 16.9. The summed E-state index contributed by atoms with van der Waals surface area (Å²) in [5, 5.41) is 2.72. The van der Waals surface area contributed by atoms with Crippen molar-refractivity contribution >= 4 is 42.9 Å². The van der Waals surface area contributed by atoms with Crippen LogP contribution < -0.4 is 4.90 Å². The number of para-hydroxylation sites is 1. The summed E-state index contributed by atoms with van der Waals surface area (Å²) in [6.07, 6.45) is 0. The molecule has 0 N–H and O–H groups in total. The minimum atomic E-state index is 0.107. The van der Waals surface area contributed by atoms with Gasteiger partial charge in [-0.1, -0.05) is 69.3 Å². The van der Waals surface area contributed by atoms with Crippen LogP contribution in [-0.4, -0.2) is 7.05 Å². The monoisotopic (exact) mass is 359 g/mol. The first-order chi connectivity index (χ1) is 12.4. The Morgan fingerprint density at radius 3 is 2.08 bits per heavy atom. The van der Waals surface area contributed by atoms with Crippen LogP contribution in [0.2, 0.25) is 0 Å². The van der Waals surface area contributed by atoms with Gasteiger partial charge in [-0.05, 0) is 35.6 Å². The SMILES string of the molecule is Cc1cccc2c1sc1c(N(C)c3ccccc3C(C)(C)C)cccc12. The summed E-state index contributed by atoms with van der Waals surface area (Å²) < 4.78 is 2.76. The minimum Gasteiger partial charge on any atom is -0.343 e. The summed E-state index contributed by atoms with van der Waals surface area (Å²) in [6.45, 7) is 9.05. The van der Waals surface area contributed by atoms with Crippen molar-refractivity contribution in [1.82, 2.24) is 0 Å². The molecule has 3 aromatic carbocycles. The molecule has 1 aromatic heterocycles. The number of thiophene rings is 1. The van der Waals surface area contributed by atoms with E-state index in [1.807, 2.05) is 11.3 Å². The maximum Gasteiger partial charge on any atom is 0.0592 e. The second kappa shape index (κ2) is 6.14. The molecule has 1 heterocycles. The van der Waals surface area contributed by atoms with Crippen LogP contribution in [0.1, 0.15) is 31.9 Å². The van der Waals surface area contributed by atoms with Crippen LogP contribution in [0.5, 0.6) is 0 Å². The Hall–Kier alpha value is -2.32. The van der Waals surface area contributed by atoms with Crippen LogP contribution in [-0.2, 0) is 5.41 Å². The van der Waals surface area contributed by atoms with E-state index in [9.17, 15) is 0 Å². The molecule has 0 aliphatic carbocycles. The highest BCUT2D eigenvalue weighted by Gasteiger charge is 2.21. The zero-order chi connectivity index (χ0) is 18.5. The summed E-state index contributed by atoms with van der Waals surface area (Å²) in [7, 11) is 2.19. The highest BCUT2D eigenvalue weighted by Crippen LogP contribution is 2.43. The van der Waals surface area contributed by atoms with Crippen molar-refractivity contribution < 1.29 is 0 Å². The summed E-state index contributed by atoms with van der Waals surface area (Å²) in [5.74, 6) is 0. The lowest BCUT2D eigenvalue weighted by molar-refractivity contribution is 0.590. The number of hydrogen-bond donors (Lipinski definition) is 0. The quantitative estimate of drug-likeness (QED) is 0.360. The van der Waals surface area contributed by atoms with E-state index in [1.165, 1.54) is 42.7 Å². The fraction of sp³-hybridized carbons (Fsp3) is 0.250. The maximum absolute atomic E-state index is 2.35. The number of rotatable bonds is 2. The fourth-order valence-electron chi connectivity index (χ4n) is 3.74. The van der Waals surface area contributed by atoms with E-state index in [2.05, 4.69) is 100 Å². The molecule has 1 nitrogen and oxygen atoms in total. The Morgan fingerprint density at radius 2 is 1.35 bits per heavy atom. The molecule has 26 heavy (non-hydrogen) atoms. The summed E-state index contributed by atoms with van der Waals surface area (Å²) in [4.78, 5) is 2.35. The van der Waals surface area contributed by atoms with Gasteiger partial charge >= 0.3 is 0 Å². The van der Waals surface area contributed by atoms with E-state index in [0.717, 1.165) is 0 Å². The molecule has 0 atom stereocenters. The first kappa shape index (κ1) is 17.1. The molecule has 0 saturated heterocycles. The average molecular weight is 360 g/mol. The second-order valence-corrected chi connectivity index (χ2v) is 9.05. The third-order valence-electron chi connectivity index (χ3n) is 5.14. The molecular weight excluding hydrogens is 334 g/mol. The van der Waals surface area contributed by atoms with Crippen LogP contribution in [0.4, 0.5) is 11.4 Å². The highest BCUT2D eigenvalue weighted by atomic mass is 32.1. The molecule has 0 spiro atoms. The van der Waals surface area contributed by atoms with Crippen molar-refractivity contribution in [3.63, 3.8) is 0 Å². The van der Waals surface area contributed by atoms with Crippen molar-refractivity contribution in [3.05, 3.63) is 71.8 Å². The second-order valence-electron chi connectivity index (χ2n) is 8.03. The molecule has 0 amide bonds. The molecule has 0 unspecified atom stereocenters. The van der Waals surface area contributed by atoms with Gasteiger partial charge in [-0.3, -0.25) is 0 Å². The van der Waals surface area contributed by atoms with Gasteiger partial charge in [0.25, 0.3) is 0 Å². The number of hydrogen-bond acceptors (Lipinski definition) is 2. The summed E-state index contributed by atoms with van der Waals surface area (Å²) >= 11 is 1.91. The number of benzene rings is 3. The van der Waals surface area contributed by atoms with Gasteiger partial charge in [0.2, 0.25) is 0 Å². The number of aryl methyl sites for hydroxylation is 1. The summed E-state index contributed by atoms with van der Waals surface area (Å²) in [5.41, 5.74) is 5.39. The van der Waals surface area contributed by atoms with Gasteiger partial charge < -0.3 is 4.90 Å². The van der Waals surface area contributed by atoms with Gasteiger partial charge in [0.1, 0.15) is 0 Å². The maximum atomic E-state index is 2.35. The van der Waals surface area contributed by atoms with Crippen molar-refractivity contribution in [2.75, 3.05) is 11.9 Å². The topological polar surface area (TPSA) is 3.24 Å². The number of fused-ring (bicyclic) bond motifs is 3. The van der Waals surface area contributed by atoms with Gasteiger partial charge in [-0.2, -0.15) is 0 Å². The third-order valence-corrected chi connectivity index (χ3v) is 6.51. The van der Waals surface area contributed by atoms with Crippen molar-refractivity contribution in [3.8, 4) is 0 Å². The molecule has 4 aromatic rings. The van der Waals surface area contributed by atoms with Gasteiger partial charge in [-0.25, -0.2) is 0 Å². The van der Waals surface area contributed by atoms with Crippen LogP contribution in [0.3, 0.4) is 0 Å². The Bertz CT molecular complexity index is 1100. The number of nitrogens with zero attached hydrogens (tertiary/aromatic N) is 1. The normalized spacial score (nSPS) is 12.0. The Labute approximate surface area is 159 Å². The highest BCUT2D eigenvalue weighted by molar-refractivity contribution is 7.26. The van der Waals surface area contributed by atoms with Gasteiger partial charge in [-0.15, -0.1) is 11.3 Å². The van der Waals surface area contributed by atoms with Crippen LogP contribution >= 0.6 is 11.3 Å². The molecule has 0 bridgehead atoms. The lowest BCUT2D eigenvalue weighted by Gasteiger charge is -2.29. The van der Waals surface area contributed by atoms with Crippen molar-refractivity contribution in [2.45, 2.75) is 33.1 Å². The van der Waals surface area contributed by atoms with E-state index in [4.69, 9.17) is 0 Å². The molecule has 132 valence electrons. The zero-order valence-electron chi connectivity index (χ0n) is 16.1. The molecule has 4 rings (SSSR count). The Balaban J connectivity index is 1.96. The van der Waals surface area contributed by atoms with Crippen molar-refractivity contribution in [2.24, 2.45) is 0 Å². The molecular formula is C24H25NS. The van der Waals surface area contributed by atoms with Crippen LogP contribution in [0, 0.1) is 6.92 Å². The fourth-order valence-corrected chi connectivity index (χ4v) is 5.06. The molecule has 0 radical (unpaired) electrons. The molecule has 0 aliphatic rings. The average Bonchev–Trinajstić information content (AvgIpc) is 3.01. The van der Waals surface area contributed by atoms with E-state index in [0.29, 0.717) is 0 Å². The predicted molar refractivity (Wildman–Crippen MR) is 117 cm³/mol. The Kier molecular flexibility index (Phi) is 4.04. The van der Waals surface area contributed by atoms with E-state index < -0.39 is 0 Å². The van der Waals surface area contributed by atoms with Crippen molar-refractivity contribution in [1.29, 1.82) is 0 Å². The van der Waals surface area contributed by atoms with Crippen LogP contribution in [0.25, 0.3) is 20.2 Å². The lowest BCUT2D eigenvalue weighted by atomic mass is 9.85. The molecule has 2 heteroatoms. The van der Waals surface area contributed by atoms with E-state index in [1.54, 1.807) is 0 Å². The smallest absolute Gasteiger partial charge is 0.0592 e. The molecule has 0 saturated carbocycles. The minimum absolute atomic E-state index is 0.107. The third kappa shape index (κ3) is 2.69. The van der Waals surface area contributed by atoms with Gasteiger partial charge in [0.15, 0.2) is 0 Å². The van der Waals surface area contributed by atoms with Gasteiger partial charge in [0, 0.05) is 28.2 Å². The largest absolute Gasteiger partial charge is 0.343 e. The molecule has 0 fully saturated rings.